The molecule has 0 saturated carbocycles. The zero-order valence-electron chi connectivity index (χ0n) is 11.9. The summed E-state index contributed by atoms with van der Waals surface area (Å²) in [5.41, 5.74) is 2.04. The van der Waals surface area contributed by atoms with E-state index in [0.29, 0.717) is 27.5 Å². The van der Waals surface area contributed by atoms with E-state index >= 15 is 0 Å². The molecule has 1 aromatic carbocycles. The molecule has 21 heavy (non-hydrogen) atoms. The van der Waals surface area contributed by atoms with Crippen LogP contribution in [0.3, 0.4) is 0 Å². The third-order valence-electron chi connectivity index (χ3n) is 3.45. The van der Waals surface area contributed by atoms with Gasteiger partial charge in [0.1, 0.15) is 7.05 Å². The first kappa shape index (κ1) is 15.1. The topological polar surface area (TPSA) is 64.1 Å². The van der Waals surface area contributed by atoms with E-state index in [1.807, 2.05) is 0 Å². The van der Waals surface area contributed by atoms with E-state index in [0.717, 1.165) is 0 Å². The second kappa shape index (κ2) is 5.61. The van der Waals surface area contributed by atoms with Gasteiger partial charge >= 0.3 is 5.69 Å². The van der Waals surface area contributed by atoms with Gasteiger partial charge in [-0.05, 0) is 31.2 Å². The highest BCUT2D eigenvalue weighted by molar-refractivity contribution is 6.30. The Balaban J connectivity index is 2.81. The summed E-state index contributed by atoms with van der Waals surface area (Å²) in [4.78, 5) is 22.5. The van der Waals surface area contributed by atoms with E-state index in [9.17, 15) is 14.9 Å². The maximum atomic E-state index is 11.6. The Bertz CT molecular complexity index is 740. The van der Waals surface area contributed by atoms with Crippen LogP contribution in [0.25, 0.3) is 11.3 Å². The fourth-order valence-electron chi connectivity index (χ4n) is 2.27. The lowest BCUT2D eigenvalue weighted by atomic mass is 10.0. The van der Waals surface area contributed by atoms with Gasteiger partial charge in [-0.25, -0.2) is 0 Å². The molecule has 0 bridgehead atoms. The Labute approximate surface area is 126 Å². The van der Waals surface area contributed by atoms with Crippen LogP contribution in [0.5, 0.6) is 0 Å². The maximum absolute atomic E-state index is 11.6. The highest BCUT2D eigenvalue weighted by Crippen LogP contribution is 2.29. The molecule has 0 unspecified atom stereocenters. The molecule has 0 saturated heterocycles. The number of benzene rings is 1. The zero-order chi connectivity index (χ0) is 15.7. The van der Waals surface area contributed by atoms with Crippen molar-refractivity contribution in [1.82, 2.24) is 0 Å². The third kappa shape index (κ3) is 2.78. The highest BCUT2D eigenvalue weighted by atomic mass is 35.5. The number of aromatic nitrogens is 1. The Morgan fingerprint density at radius 3 is 2.33 bits per heavy atom. The Morgan fingerprint density at radius 1 is 1.29 bits per heavy atom. The number of carbonyl (C=O) groups excluding carboxylic acids is 1. The first-order chi connectivity index (χ1) is 9.82. The molecule has 2 aromatic rings. The van der Waals surface area contributed by atoms with Crippen molar-refractivity contribution < 1.29 is 14.3 Å². The summed E-state index contributed by atoms with van der Waals surface area (Å²) in [5, 5.41) is 11.9. The van der Waals surface area contributed by atoms with E-state index in [1.165, 1.54) is 13.0 Å². The van der Waals surface area contributed by atoms with Crippen LogP contribution in [0.2, 0.25) is 5.02 Å². The van der Waals surface area contributed by atoms with Crippen LogP contribution in [-0.4, -0.2) is 10.7 Å². The van der Waals surface area contributed by atoms with Gasteiger partial charge in [-0.15, -0.1) is 0 Å². The minimum absolute atomic E-state index is 0.101. The second-order valence-corrected chi connectivity index (χ2v) is 5.19. The van der Waals surface area contributed by atoms with Crippen molar-refractivity contribution in [1.29, 1.82) is 0 Å². The number of rotatable bonds is 3. The summed E-state index contributed by atoms with van der Waals surface area (Å²) in [6, 6.07) is 8.13. The van der Waals surface area contributed by atoms with E-state index in [2.05, 4.69) is 0 Å². The molecular formula is C15H14ClN2O3+. The zero-order valence-corrected chi connectivity index (χ0v) is 12.6. The van der Waals surface area contributed by atoms with Gasteiger partial charge in [0.15, 0.2) is 11.5 Å². The molecule has 0 N–H and O–H groups in total. The molecule has 0 aliphatic carbocycles. The molecule has 0 aliphatic rings. The highest BCUT2D eigenvalue weighted by Gasteiger charge is 2.30. The van der Waals surface area contributed by atoms with Gasteiger partial charge in [0.05, 0.1) is 16.1 Å². The third-order valence-corrected chi connectivity index (χ3v) is 3.70. The predicted molar refractivity (Wildman–Crippen MR) is 79.5 cm³/mol. The summed E-state index contributed by atoms with van der Waals surface area (Å²) >= 11 is 5.85. The first-order valence-electron chi connectivity index (χ1n) is 6.28. The van der Waals surface area contributed by atoms with Crippen molar-refractivity contribution in [3.05, 3.63) is 56.7 Å². The lowest BCUT2D eigenvalue weighted by Crippen LogP contribution is -2.37. The molecule has 0 aliphatic heterocycles. The van der Waals surface area contributed by atoms with Gasteiger partial charge in [-0.3, -0.25) is 14.9 Å². The standard InChI is InChI=1S/C15H14ClN2O3/c1-9-13(10(2)19)8-14(18(20)21)15(17(9)3)11-4-6-12(16)7-5-11/h4-8H,1-3H3/q+1. The van der Waals surface area contributed by atoms with Gasteiger partial charge < -0.3 is 0 Å². The molecule has 1 aromatic heterocycles. The number of halogens is 1. The fraction of sp³-hybridized carbons (Fsp3) is 0.200. The quantitative estimate of drug-likeness (QED) is 0.378. The lowest BCUT2D eigenvalue weighted by Gasteiger charge is -2.07. The van der Waals surface area contributed by atoms with Gasteiger partial charge in [-0.1, -0.05) is 11.6 Å². The monoisotopic (exact) mass is 305 g/mol. The summed E-state index contributed by atoms with van der Waals surface area (Å²) in [5.74, 6) is -0.200. The molecule has 0 fully saturated rings. The van der Waals surface area contributed by atoms with Crippen molar-refractivity contribution >= 4 is 23.1 Å². The molecule has 0 spiro atoms. The maximum Gasteiger partial charge on any atom is 0.341 e. The molecule has 0 atom stereocenters. The van der Waals surface area contributed by atoms with E-state index in [1.54, 1.807) is 42.8 Å². The van der Waals surface area contributed by atoms with E-state index in [4.69, 9.17) is 11.6 Å². The minimum Gasteiger partial charge on any atom is -0.294 e. The number of ketones is 1. The average Bonchev–Trinajstić information content (AvgIpc) is 2.42. The number of nitrogens with zero attached hydrogens (tertiary/aromatic N) is 2. The summed E-state index contributed by atoms with van der Waals surface area (Å²) in [6.45, 7) is 3.16. The predicted octanol–water partition coefficient (Wildman–Crippen LogP) is 3.25. The molecule has 2 rings (SSSR count). The van der Waals surface area contributed by atoms with Gasteiger partial charge in [0.2, 0.25) is 0 Å². The molecule has 108 valence electrons. The summed E-state index contributed by atoms with van der Waals surface area (Å²) in [7, 11) is 1.71. The average molecular weight is 306 g/mol. The smallest absolute Gasteiger partial charge is 0.294 e. The van der Waals surface area contributed by atoms with E-state index < -0.39 is 4.92 Å². The van der Waals surface area contributed by atoms with Crippen LogP contribution in [0.4, 0.5) is 5.69 Å². The molecule has 5 nitrogen and oxygen atoms in total. The number of Topliss-reactive ketones (excluding diaryl/α,β-unsaturated/α-hetero) is 1. The SMILES string of the molecule is CC(=O)c1cc([N+](=O)[O-])c(-c2ccc(Cl)cc2)[n+](C)c1C. The van der Waals surface area contributed by atoms with Gasteiger partial charge in [-0.2, -0.15) is 4.57 Å². The number of pyridine rings is 1. The molecule has 6 heteroatoms. The van der Waals surface area contributed by atoms with Crippen molar-refractivity contribution in [3.8, 4) is 11.3 Å². The largest absolute Gasteiger partial charge is 0.341 e. The van der Waals surface area contributed by atoms with Crippen molar-refractivity contribution in [2.75, 3.05) is 0 Å². The molecular weight excluding hydrogens is 292 g/mol. The number of hydrogen-bond donors (Lipinski definition) is 0. The van der Waals surface area contributed by atoms with Crippen molar-refractivity contribution in [2.24, 2.45) is 7.05 Å². The van der Waals surface area contributed by atoms with E-state index in [-0.39, 0.29) is 11.5 Å². The molecule has 1 heterocycles. The molecule has 0 amide bonds. The van der Waals surface area contributed by atoms with Crippen LogP contribution in [-0.2, 0) is 7.05 Å². The Morgan fingerprint density at radius 2 is 1.86 bits per heavy atom. The Kier molecular flexibility index (Phi) is 4.04. The summed E-state index contributed by atoms with van der Waals surface area (Å²) < 4.78 is 1.66. The van der Waals surface area contributed by atoms with Crippen LogP contribution in [0.15, 0.2) is 30.3 Å². The van der Waals surface area contributed by atoms with Gasteiger partial charge in [0.25, 0.3) is 5.69 Å². The van der Waals surface area contributed by atoms with Crippen LogP contribution in [0.1, 0.15) is 23.0 Å². The lowest BCUT2D eigenvalue weighted by molar-refractivity contribution is -0.669. The number of hydrogen-bond acceptors (Lipinski definition) is 3. The normalized spacial score (nSPS) is 10.5. The number of carbonyl (C=O) groups is 1. The van der Waals surface area contributed by atoms with Gasteiger partial charge in [0, 0.05) is 18.0 Å². The van der Waals surface area contributed by atoms with Crippen LogP contribution in [0, 0.1) is 17.0 Å². The van der Waals surface area contributed by atoms with Crippen molar-refractivity contribution in [2.45, 2.75) is 13.8 Å². The summed E-state index contributed by atoms with van der Waals surface area (Å²) in [6.07, 6.45) is 0. The van der Waals surface area contributed by atoms with Crippen LogP contribution >= 0.6 is 11.6 Å². The first-order valence-corrected chi connectivity index (χ1v) is 6.65. The Hall–Kier alpha value is -2.27. The minimum atomic E-state index is -0.476. The second-order valence-electron chi connectivity index (χ2n) is 4.76. The fourth-order valence-corrected chi connectivity index (χ4v) is 2.40. The van der Waals surface area contributed by atoms with Crippen LogP contribution < -0.4 is 4.57 Å². The molecule has 0 radical (unpaired) electrons. The number of nitro groups is 1. The van der Waals surface area contributed by atoms with Crippen molar-refractivity contribution in [3.63, 3.8) is 0 Å².